The highest BCUT2D eigenvalue weighted by Crippen LogP contribution is 2.53. The molecule has 0 unspecified atom stereocenters. The van der Waals surface area contributed by atoms with E-state index in [9.17, 15) is 0 Å². The monoisotopic (exact) mass is 766 g/mol. The maximum atomic E-state index is 5.13. The number of para-hydroxylation sites is 1. The van der Waals surface area contributed by atoms with Crippen molar-refractivity contribution in [1.29, 1.82) is 0 Å². The lowest BCUT2D eigenvalue weighted by Crippen LogP contribution is -2.15. The normalized spacial score (nSPS) is 13.0. The Morgan fingerprint density at radius 1 is 0.367 bits per heavy atom. The van der Waals surface area contributed by atoms with Gasteiger partial charge >= 0.3 is 0 Å². The summed E-state index contributed by atoms with van der Waals surface area (Å²) in [6.45, 7) is 4.79. The Balaban J connectivity index is 1.05. The second kappa shape index (κ2) is 13.2. The summed E-state index contributed by atoms with van der Waals surface area (Å²) >= 11 is 0. The molecule has 0 spiro atoms. The van der Waals surface area contributed by atoms with E-state index in [1.54, 1.807) is 0 Å². The van der Waals surface area contributed by atoms with E-state index in [1.807, 2.05) is 36.4 Å². The third-order valence-corrected chi connectivity index (χ3v) is 12.6. The van der Waals surface area contributed by atoms with E-state index < -0.39 is 0 Å². The van der Waals surface area contributed by atoms with E-state index in [2.05, 4.69) is 176 Å². The number of benzene rings is 9. The second-order valence-electron chi connectivity index (χ2n) is 16.4. The van der Waals surface area contributed by atoms with Crippen molar-refractivity contribution >= 4 is 43.4 Å². The highest BCUT2D eigenvalue weighted by atomic mass is 15.0. The molecule has 4 heteroatoms. The van der Waals surface area contributed by atoms with Gasteiger partial charge in [0.25, 0.3) is 0 Å². The lowest BCUT2D eigenvalue weighted by atomic mass is 9.80. The molecule has 9 aromatic carbocycles. The van der Waals surface area contributed by atoms with Crippen LogP contribution < -0.4 is 0 Å². The van der Waals surface area contributed by atoms with Crippen LogP contribution in [-0.4, -0.2) is 19.5 Å². The predicted molar refractivity (Wildman–Crippen MR) is 248 cm³/mol. The summed E-state index contributed by atoms with van der Waals surface area (Å²) in [6, 6.07) is 69.5. The van der Waals surface area contributed by atoms with Crippen LogP contribution in [0.15, 0.2) is 194 Å². The van der Waals surface area contributed by atoms with Gasteiger partial charge in [0.2, 0.25) is 0 Å². The van der Waals surface area contributed by atoms with Crippen molar-refractivity contribution in [3.63, 3.8) is 0 Å². The first kappa shape index (κ1) is 34.4. The van der Waals surface area contributed by atoms with Crippen molar-refractivity contribution in [2.24, 2.45) is 0 Å². The van der Waals surface area contributed by atoms with Gasteiger partial charge in [0.05, 0.1) is 16.7 Å². The van der Waals surface area contributed by atoms with E-state index in [1.165, 1.54) is 66.0 Å². The van der Waals surface area contributed by atoms with E-state index in [0.29, 0.717) is 17.5 Å². The summed E-state index contributed by atoms with van der Waals surface area (Å²) in [5.41, 5.74) is 14.0. The van der Waals surface area contributed by atoms with Crippen LogP contribution in [0.5, 0.6) is 0 Å². The fourth-order valence-corrected chi connectivity index (χ4v) is 9.79. The molecular weight excluding hydrogens is 729 g/mol. The van der Waals surface area contributed by atoms with Crippen LogP contribution in [0.1, 0.15) is 25.0 Å². The van der Waals surface area contributed by atoms with Gasteiger partial charge < -0.3 is 4.57 Å². The molecule has 4 nitrogen and oxygen atoms in total. The summed E-state index contributed by atoms with van der Waals surface area (Å²) in [5.74, 6) is 1.95. The number of hydrogen-bond donors (Lipinski definition) is 0. The van der Waals surface area contributed by atoms with E-state index in [0.717, 1.165) is 33.2 Å². The van der Waals surface area contributed by atoms with Crippen LogP contribution in [0.3, 0.4) is 0 Å². The van der Waals surface area contributed by atoms with Crippen LogP contribution >= 0.6 is 0 Å². The zero-order valence-electron chi connectivity index (χ0n) is 33.3. The topological polar surface area (TPSA) is 43.6 Å². The van der Waals surface area contributed by atoms with Gasteiger partial charge in [-0.2, -0.15) is 0 Å². The van der Waals surface area contributed by atoms with Crippen LogP contribution in [0.25, 0.3) is 105 Å². The molecule has 11 aromatic rings. The van der Waals surface area contributed by atoms with Crippen LogP contribution in [0.2, 0.25) is 0 Å². The highest BCUT2D eigenvalue weighted by Gasteiger charge is 2.38. The molecule has 0 aliphatic heterocycles. The molecular formula is C56H38N4. The van der Waals surface area contributed by atoms with Gasteiger partial charge in [-0.3, -0.25) is 0 Å². The standard InChI is InChI=1S/C56H38N4/c1-56(2)48-34-51-47(33-46(48)44-29-27-39-32-38(26-28-40(39)52(44)56)35-16-6-3-7-17-35)43-24-14-15-25-49(43)60(51)50-31-30-45(41-22-12-13-23-42(41)50)55-58-53(36-18-8-4-9-19-36)57-54(59-55)37-20-10-5-11-21-37/h3-34H,1-2H3. The Morgan fingerprint density at radius 2 is 0.950 bits per heavy atom. The van der Waals surface area contributed by atoms with E-state index in [-0.39, 0.29) is 5.41 Å². The van der Waals surface area contributed by atoms with E-state index >= 15 is 0 Å². The molecule has 2 heterocycles. The summed E-state index contributed by atoms with van der Waals surface area (Å²) in [4.78, 5) is 15.2. The molecule has 2 aromatic heterocycles. The van der Waals surface area contributed by atoms with Crippen molar-refractivity contribution in [2.45, 2.75) is 19.3 Å². The minimum atomic E-state index is -0.217. The smallest absolute Gasteiger partial charge is 0.164 e. The van der Waals surface area contributed by atoms with Gasteiger partial charge in [0, 0.05) is 38.3 Å². The molecule has 0 radical (unpaired) electrons. The third-order valence-electron chi connectivity index (χ3n) is 12.6. The molecule has 0 fully saturated rings. The summed E-state index contributed by atoms with van der Waals surface area (Å²) in [5, 5.41) is 7.28. The third kappa shape index (κ3) is 5.20. The quantitative estimate of drug-likeness (QED) is 0.175. The Morgan fingerprint density at radius 3 is 1.65 bits per heavy atom. The van der Waals surface area contributed by atoms with Crippen LogP contribution in [0.4, 0.5) is 0 Å². The number of nitrogens with zero attached hydrogens (tertiary/aromatic N) is 4. The number of rotatable bonds is 5. The van der Waals surface area contributed by atoms with Gasteiger partial charge in [-0.15, -0.1) is 0 Å². The number of fused-ring (bicyclic) bond motifs is 9. The SMILES string of the molecule is CC1(C)c2cc3c(cc2-c2ccc4cc(-c5ccccc5)ccc4c21)c1ccccc1n3-c1ccc(-c2nc(-c3ccccc3)nc(-c3ccccc3)n2)c2ccccc12. The summed E-state index contributed by atoms with van der Waals surface area (Å²) in [7, 11) is 0. The molecule has 0 saturated carbocycles. The van der Waals surface area contributed by atoms with Crippen molar-refractivity contribution in [2.75, 3.05) is 0 Å². The molecule has 0 amide bonds. The Kier molecular flexibility index (Phi) is 7.54. The Bertz CT molecular complexity index is 3440. The van der Waals surface area contributed by atoms with Crippen molar-refractivity contribution in [1.82, 2.24) is 19.5 Å². The Labute approximate surface area is 348 Å². The average molecular weight is 767 g/mol. The molecule has 0 N–H and O–H groups in total. The van der Waals surface area contributed by atoms with Crippen LogP contribution in [-0.2, 0) is 5.41 Å². The molecule has 282 valence electrons. The fraction of sp³-hybridized carbons (Fsp3) is 0.0536. The second-order valence-corrected chi connectivity index (χ2v) is 16.4. The maximum Gasteiger partial charge on any atom is 0.164 e. The first-order valence-electron chi connectivity index (χ1n) is 20.6. The zero-order chi connectivity index (χ0) is 40.0. The van der Waals surface area contributed by atoms with Crippen molar-refractivity contribution in [3.8, 4) is 62.1 Å². The van der Waals surface area contributed by atoms with Crippen molar-refractivity contribution in [3.05, 3.63) is 205 Å². The van der Waals surface area contributed by atoms with Gasteiger partial charge in [-0.05, 0) is 85.9 Å². The first-order valence-corrected chi connectivity index (χ1v) is 20.6. The van der Waals surface area contributed by atoms with Crippen LogP contribution in [0, 0.1) is 0 Å². The molecule has 1 aliphatic rings. The lowest BCUT2D eigenvalue weighted by molar-refractivity contribution is 0.667. The largest absolute Gasteiger partial charge is 0.309 e. The molecule has 1 aliphatic carbocycles. The minimum Gasteiger partial charge on any atom is -0.309 e. The number of aromatic nitrogens is 4. The average Bonchev–Trinajstić information content (AvgIpc) is 3.75. The Hall–Kier alpha value is -7.69. The number of hydrogen-bond acceptors (Lipinski definition) is 3. The first-order chi connectivity index (χ1) is 29.5. The minimum absolute atomic E-state index is 0.217. The lowest BCUT2D eigenvalue weighted by Gasteiger charge is -2.24. The van der Waals surface area contributed by atoms with Gasteiger partial charge in [0.1, 0.15) is 0 Å². The molecule has 0 bridgehead atoms. The molecule has 60 heavy (non-hydrogen) atoms. The van der Waals surface area contributed by atoms with Crippen molar-refractivity contribution < 1.29 is 0 Å². The fourth-order valence-electron chi connectivity index (χ4n) is 9.79. The highest BCUT2D eigenvalue weighted by molar-refractivity contribution is 6.14. The summed E-state index contributed by atoms with van der Waals surface area (Å²) in [6.07, 6.45) is 0. The predicted octanol–water partition coefficient (Wildman–Crippen LogP) is 14.2. The molecule has 12 rings (SSSR count). The van der Waals surface area contributed by atoms with Gasteiger partial charge in [-0.1, -0.05) is 172 Å². The summed E-state index contributed by atoms with van der Waals surface area (Å²) < 4.78 is 2.47. The maximum absolute atomic E-state index is 5.13. The van der Waals surface area contributed by atoms with E-state index in [4.69, 9.17) is 15.0 Å². The van der Waals surface area contributed by atoms with Gasteiger partial charge in [0.15, 0.2) is 17.5 Å². The molecule has 0 atom stereocenters. The molecule has 0 saturated heterocycles. The van der Waals surface area contributed by atoms with Gasteiger partial charge in [-0.25, -0.2) is 15.0 Å². The zero-order valence-corrected chi connectivity index (χ0v) is 33.3.